The molecule has 0 amide bonds. The normalized spacial score (nSPS) is 16.6. The highest BCUT2D eigenvalue weighted by molar-refractivity contribution is 6.08. The Hall–Kier alpha value is -2.56. The number of nitrogens with zero attached hydrogens (tertiary/aromatic N) is 1. The summed E-state index contributed by atoms with van der Waals surface area (Å²) in [6.07, 6.45) is 2.64. The van der Waals surface area contributed by atoms with Gasteiger partial charge in [0.15, 0.2) is 0 Å². The zero-order chi connectivity index (χ0) is 17.8. The molecular formula is C20H23NO4. The lowest BCUT2D eigenvalue weighted by Crippen LogP contribution is -2.18. The average Bonchev–Trinajstić information content (AvgIpc) is 2.93. The Morgan fingerprint density at radius 3 is 2.56 bits per heavy atom. The molecule has 0 bridgehead atoms. The van der Waals surface area contributed by atoms with Crippen LogP contribution in [0.25, 0.3) is 0 Å². The smallest absolute Gasteiger partial charge is 0.314 e. The maximum absolute atomic E-state index is 12.9. The summed E-state index contributed by atoms with van der Waals surface area (Å²) >= 11 is 0. The van der Waals surface area contributed by atoms with Crippen molar-refractivity contribution >= 4 is 11.8 Å². The van der Waals surface area contributed by atoms with Crippen LogP contribution in [0, 0.1) is 0 Å². The lowest BCUT2D eigenvalue weighted by atomic mass is 10.00. The SMILES string of the molecule is CCOc1ccc(C(=O)c2ccc3n2CCCCC3C(=O)OC)cc1. The summed E-state index contributed by atoms with van der Waals surface area (Å²) in [5, 5.41) is 0. The van der Waals surface area contributed by atoms with Gasteiger partial charge in [0, 0.05) is 17.8 Å². The van der Waals surface area contributed by atoms with Crippen LogP contribution in [-0.4, -0.2) is 30.0 Å². The molecule has 0 spiro atoms. The van der Waals surface area contributed by atoms with Crippen LogP contribution in [0.1, 0.15) is 53.8 Å². The molecule has 1 aromatic heterocycles. The van der Waals surface area contributed by atoms with E-state index in [4.69, 9.17) is 9.47 Å². The maximum atomic E-state index is 12.9. The maximum Gasteiger partial charge on any atom is 0.314 e. The van der Waals surface area contributed by atoms with Gasteiger partial charge in [0.2, 0.25) is 5.78 Å². The third kappa shape index (κ3) is 3.45. The fourth-order valence-electron chi connectivity index (χ4n) is 3.40. The van der Waals surface area contributed by atoms with Crippen LogP contribution in [-0.2, 0) is 16.1 Å². The lowest BCUT2D eigenvalue weighted by Gasteiger charge is -2.15. The van der Waals surface area contributed by atoms with Crippen LogP contribution in [0.2, 0.25) is 0 Å². The first-order valence-corrected chi connectivity index (χ1v) is 8.70. The van der Waals surface area contributed by atoms with Crippen molar-refractivity contribution in [3.05, 3.63) is 53.3 Å². The number of ketones is 1. The predicted molar refractivity (Wildman–Crippen MR) is 94.1 cm³/mol. The summed E-state index contributed by atoms with van der Waals surface area (Å²) in [6, 6.07) is 10.9. The molecule has 0 radical (unpaired) electrons. The van der Waals surface area contributed by atoms with E-state index in [1.54, 1.807) is 24.3 Å². The molecule has 1 aliphatic heterocycles. The largest absolute Gasteiger partial charge is 0.494 e. The summed E-state index contributed by atoms with van der Waals surface area (Å²) in [5.41, 5.74) is 2.11. The predicted octanol–water partition coefficient (Wildman–Crippen LogP) is 3.56. The van der Waals surface area contributed by atoms with Crippen molar-refractivity contribution in [3.63, 3.8) is 0 Å². The number of benzene rings is 1. The second-order valence-electron chi connectivity index (χ2n) is 6.15. The number of hydrogen-bond acceptors (Lipinski definition) is 4. The number of esters is 1. The minimum Gasteiger partial charge on any atom is -0.494 e. The number of carbonyl (C=O) groups is 2. The molecule has 2 heterocycles. The summed E-state index contributed by atoms with van der Waals surface area (Å²) in [5.74, 6) is 0.175. The Kier molecular flexibility index (Phi) is 5.22. The zero-order valence-electron chi connectivity index (χ0n) is 14.7. The van der Waals surface area contributed by atoms with Gasteiger partial charge in [0.05, 0.1) is 25.3 Å². The van der Waals surface area contributed by atoms with E-state index < -0.39 is 0 Å². The Morgan fingerprint density at radius 1 is 1.12 bits per heavy atom. The first-order valence-electron chi connectivity index (χ1n) is 8.70. The van der Waals surface area contributed by atoms with Gasteiger partial charge in [-0.25, -0.2) is 0 Å². The van der Waals surface area contributed by atoms with Gasteiger partial charge < -0.3 is 14.0 Å². The number of rotatable bonds is 5. The van der Waals surface area contributed by atoms with Crippen LogP contribution in [0.5, 0.6) is 5.75 Å². The molecule has 1 unspecified atom stereocenters. The topological polar surface area (TPSA) is 57.5 Å². The van der Waals surface area contributed by atoms with Crippen molar-refractivity contribution in [2.45, 2.75) is 38.6 Å². The Labute approximate surface area is 147 Å². The van der Waals surface area contributed by atoms with Crippen molar-refractivity contribution in [2.24, 2.45) is 0 Å². The standard InChI is InChI=1S/C20H23NO4/c1-3-25-15-9-7-14(8-10-15)19(22)18-12-11-17-16(20(23)24-2)6-4-5-13-21(17)18/h7-12,16H,3-6,13H2,1-2H3. The molecule has 0 saturated carbocycles. The van der Waals surface area contributed by atoms with Crippen molar-refractivity contribution < 1.29 is 19.1 Å². The number of hydrogen-bond donors (Lipinski definition) is 0. The summed E-state index contributed by atoms with van der Waals surface area (Å²) in [4.78, 5) is 25.0. The van der Waals surface area contributed by atoms with Crippen molar-refractivity contribution in [1.82, 2.24) is 4.57 Å². The Bertz CT molecular complexity index is 761. The van der Waals surface area contributed by atoms with E-state index in [9.17, 15) is 9.59 Å². The molecule has 0 N–H and O–H groups in total. The molecule has 132 valence electrons. The van der Waals surface area contributed by atoms with Gasteiger partial charge in [-0.3, -0.25) is 9.59 Å². The molecular weight excluding hydrogens is 318 g/mol. The highest BCUT2D eigenvalue weighted by Gasteiger charge is 2.29. The molecule has 5 nitrogen and oxygen atoms in total. The highest BCUT2D eigenvalue weighted by Crippen LogP contribution is 2.30. The molecule has 5 heteroatoms. The fraction of sp³-hybridized carbons (Fsp3) is 0.400. The van der Waals surface area contributed by atoms with Crippen molar-refractivity contribution in [3.8, 4) is 5.75 Å². The van der Waals surface area contributed by atoms with E-state index in [1.807, 2.05) is 23.6 Å². The number of methoxy groups -OCH3 is 1. The third-order valence-corrected chi connectivity index (χ3v) is 4.64. The molecule has 2 aromatic rings. The van der Waals surface area contributed by atoms with E-state index in [1.165, 1.54) is 7.11 Å². The van der Waals surface area contributed by atoms with Crippen LogP contribution in [0.3, 0.4) is 0 Å². The molecule has 25 heavy (non-hydrogen) atoms. The third-order valence-electron chi connectivity index (χ3n) is 4.64. The van der Waals surface area contributed by atoms with E-state index in [0.717, 1.165) is 37.3 Å². The fourth-order valence-corrected chi connectivity index (χ4v) is 3.40. The average molecular weight is 341 g/mol. The van der Waals surface area contributed by atoms with E-state index >= 15 is 0 Å². The van der Waals surface area contributed by atoms with Crippen molar-refractivity contribution in [2.75, 3.05) is 13.7 Å². The van der Waals surface area contributed by atoms with Gasteiger partial charge >= 0.3 is 5.97 Å². The first-order chi connectivity index (χ1) is 12.2. The van der Waals surface area contributed by atoms with E-state index in [2.05, 4.69) is 0 Å². The molecule has 1 atom stereocenters. The minimum atomic E-state index is -0.297. The van der Waals surface area contributed by atoms with E-state index in [-0.39, 0.29) is 17.7 Å². The number of fused-ring (bicyclic) bond motifs is 1. The zero-order valence-corrected chi connectivity index (χ0v) is 14.7. The summed E-state index contributed by atoms with van der Waals surface area (Å²) in [6.45, 7) is 3.26. The second kappa shape index (κ2) is 7.55. The van der Waals surface area contributed by atoms with Crippen molar-refractivity contribution in [1.29, 1.82) is 0 Å². The molecule has 1 aliphatic rings. The number of aromatic nitrogens is 1. The van der Waals surface area contributed by atoms with Gasteiger partial charge in [0.25, 0.3) is 0 Å². The van der Waals surface area contributed by atoms with Gasteiger partial charge in [-0.05, 0) is 56.2 Å². The summed E-state index contributed by atoms with van der Waals surface area (Å²) < 4.78 is 12.3. The highest BCUT2D eigenvalue weighted by atomic mass is 16.5. The number of ether oxygens (including phenoxy) is 2. The molecule has 3 rings (SSSR count). The quantitative estimate of drug-likeness (QED) is 0.616. The molecule has 0 aliphatic carbocycles. The Morgan fingerprint density at radius 2 is 1.88 bits per heavy atom. The first kappa shape index (κ1) is 17.3. The van der Waals surface area contributed by atoms with Gasteiger partial charge in [-0.2, -0.15) is 0 Å². The second-order valence-corrected chi connectivity index (χ2v) is 6.15. The molecule has 0 fully saturated rings. The Balaban J connectivity index is 1.91. The molecule has 0 saturated heterocycles. The van der Waals surface area contributed by atoms with E-state index in [0.29, 0.717) is 17.9 Å². The van der Waals surface area contributed by atoms with Gasteiger partial charge in [-0.1, -0.05) is 6.42 Å². The van der Waals surface area contributed by atoms with Crippen LogP contribution < -0.4 is 4.74 Å². The van der Waals surface area contributed by atoms with Crippen LogP contribution in [0.15, 0.2) is 36.4 Å². The molecule has 1 aromatic carbocycles. The summed E-state index contributed by atoms with van der Waals surface area (Å²) in [7, 11) is 1.41. The van der Waals surface area contributed by atoms with Crippen LogP contribution in [0.4, 0.5) is 0 Å². The number of carbonyl (C=O) groups excluding carboxylic acids is 2. The minimum absolute atomic E-state index is 0.0418. The van der Waals surface area contributed by atoms with Crippen LogP contribution >= 0.6 is 0 Å². The van der Waals surface area contributed by atoms with Gasteiger partial charge in [0.1, 0.15) is 5.75 Å². The monoisotopic (exact) mass is 341 g/mol. The van der Waals surface area contributed by atoms with Gasteiger partial charge in [-0.15, -0.1) is 0 Å². The lowest BCUT2D eigenvalue weighted by molar-refractivity contribution is -0.142.